The first-order chi connectivity index (χ1) is 10.1. The van der Waals surface area contributed by atoms with E-state index in [4.69, 9.17) is 0 Å². The number of nitrogens with zero attached hydrogens (tertiary/aromatic N) is 1. The van der Waals surface area contributed by atoms with E-state index in [0.717, 1.165) is 17.6 Å². The average Bonchev–Trinajstić information content (AvgIpc) is 2.86. The third-order valence-electron chi connectivity index (χ3n) is 4.25. The van der Waals surface area contributed by atoms with Gasteiger partial charge in [-0.1, -0.05) is 40.2 Å². The van der Waals surface area contributed by atoms with Gasteiger partial charge in [0.2, 0.25) is 0 Å². The Morgan fingerprint density at radius 1 is 1.19 bits per heavy atom. The molecule has 0 radical (unpaired) electrons. The van der Waals surface area contributed by atoms with Crippen molar-refractivity contribution < 1.29 is 0 Å². The van der Waals surface area contributed by atoms with Crippen molar-refractivity contribution in [2.24, 2.45) is 0 Å². The molecule has 0 saturated heterocycles. The molecule has 110 valence electrons. The van der Waals surface area contributed by atoms with Crippen LogP contribution >= 0.6 is 15.9 Å². The summed E-state index contributed by atoms with van der Waals surface area (Å²) in [5.74, 6) is 0. The zero-order valence-electron chi connectivity index (χ0n) is 12.6. The summed E-state index contributed by atoms with van der Waals surface area (Å²) in [6, 6.07) is 15.7. The molecular weight excluding hydrogens is 324 g/mol. The van der Waals surface area contributed by atoms with Gasteiger partial charge in [-0.2, -0.15) is 0 Å². The minimum atomic E-state index is 0.356. The lowest BCUT2D eigenvalue weighted by Crippen LogP contribution is -2.18. The van der Waals surface area contributed by atoms with Crippen molar-refractivity contribution >= 4 is 21.6 Å². The molecule has 0 amide bonds. The van der Waals surface area contributed by atoms with Gasteiger partial charge in [-0.3, -0.25) is 0 Å². The zero-order valence-corrected chi connectivity index (χ0v) is 14.2. The van der Waals surface area contributed by atoms with Crippen molar-refractivity contribution in [3.63, 3.8) is 0 Å². The maximum absolute atomic E-state index is 3.61. The van der Waals surface area contributed by atoms with E-state index in [1.807, 2.05) is 0 Å². The van der Waals surface area contributed by atoms with Crippen LogP contribution in [0, 0.1) is 0 Å². The number of likely N-dealkylation sites (N-methyl/N-ethyl adjacent to an activating group) is 1. The number of rotatable bonds is 4. The quantitative estimate of drug-likeness (QED) is 0.889. The van der Waals surface area contributed by atoms with Crippen LogP contribution in [0.15, 0.2) is 46.9 Å². The summed E-state index contributed by atoms with van der Waals surface area (Å²) in [4.78, 5) is 2.33. The fourth-order valence-corrected chi connectivity index (χ4v) is 3.13. The second-order valence-electron chi connectivity index (χ2n) is 5.79. The minimum absolute atomic E-state index is 0.356. The van der Waals surface area contributed by atoms with E-state index < -0.39 is 0 Å². The summed E-state index contributed by atoms with van der Waals surface area (Å²) in [7, 11) is 2.17. The largest absolute Gasteiger partial charge is 0.374 e. The number of nitrogens with one attached hydrogen (secondary N) is 1. The van der Waals surface area contributed by atoms with Crippen LogP contribution in [0.4, 0.5) is 5.69 Å². The highest BCUT2D eigenvalue weighted by atomic mass is 79.9. The standard InChI is InChI=1S/C18H21BrN2/c1-13(15-4-6-17(19)7-5-15)20-12-14-3-8-18-16(11-14)9-10-21(18)2/h3-8,11,13,20H,9-10,12H2,1-2H3/t13-/m1/s1. The molecule has 0 spiro atoms. The number of hydrogen-bond acceptors (Lipinski definition) is 2. The van der Waals surface area contributed by atoms with Crippen molar-refractivity contribution in [3.8, 4) is 0 Å². The molecule has 0 aliphatic carbocycles. The third-order valence-corrected chi connectivity index (χ3v) is 4.78. The van der Waals surface area contributed by atoms with Gasteiger partial charge >= 0.3 is 0 Å². The van der Waals surface area contributed by atoms with E-state index in [1.165, 1.54) is 28.8 Å². The Hall–Kier alpha value is -1.32. The van der Waals surface area contributed by atoms with Crippen LogP contribution in [0.3, 0.4) is 0 Å². The van der Waals surface area contributed by atoms with Crippen LogP contribution in [0.2, 0.25) is 0 Å². The Morgan fingerprint density at radius 2 is 1.95 bits per heavy atom. The molecule has 2 nitrogen and oxygen atoms in total. The number of benzene rings is 2. The van der Waals surface area contributed by atoms with Gasteiger partial charge in [-0.05, 0) is 48.2 Å². The van der Waals surface area contributed by atoms with E-state index in [-0.39, 0.29) is 0 Å². The molecule has 2 aromatic rings. The molecular formula is C18H21BrN2. The van der Waals surface area contributed by atoms with Crippen molar-refractivity contribution in [1.82, 2.24) is 5.32 Å². The second kappa shape index (κ2) is 6.20. The van der Waals surface area contributed by atoms with Crippen LogP contribution in [0.5, 0.6) is 0 Å². The highest BCUT2D eigenvalue weighted by molar-refractivity contribution is 9.10. The van der Waals surface area contributed by atoms with Gasteiger partial charge in [0.1, 0.15) is 0 Å². The summed E-state index contributed by atoms with van der Waals surface area (Å²) in [5.41, 5.74) is 5.56. The Labute approximate surface area is 135 Å². The molecule has 21 heavy (non-hydrogen) atoms. The smallest absolute Gasteiger partial charge is 0.0397 e. The van der Waals surface area contributed by atoms with E-state index in [9.17, 15) is 0 Å². The van der Waals surface area contributed by atoms with Crippen molar-refractivity contribution in [2.75, 3.05) is 18.5 Å². The fraction of sp³-hybridized carbons (Fsp3) is 0.333. The lowest BCUT2D eigenvalue weighted by Gasteiger charge is -2.16. The molecule has 1 heterocycles. The molecule has 3 rings (SSSR count). The van der Waals surface area contributed by atoms with Crippen molar-refractivity contribution in [3.05, 3.63) is 63.6 Å². The summed E-state index contributed by atoms with van der Waals surface area (Å²) >= 11 is 3.48. The first-order valence-corrected chi connectivity index (χ1v) is 8.24. The molecule has 0 aromatic heterocycles. The number of hydrogen-bond donors (Lipinski definition) is 1. The average molecular weight is 345 g/mol. The summed E-state index contributed by atoms with van der Waals surface area (Å²) < 4.78 is 1.13. The normalized spacial score (nSPS) is 15.1. The fourth-order valence-electron chi connectivity index (χ4n) is 2.87. The summed E-state index contributed by atoms with van der Waals surface area (Å²) in [6.07, 6.45) is 1.17. The van der Waals surface area contributed by atoms with Crippen molar-refractivity contribution in [1.29, 1.82) is 0 Å². The van der Waals surface area contributed by atoms with Crippen LogP contribution in [-0.4, -0.2) is 13.6 Å². The van der Waals surface area contributed by atoms with E-state index in [0.29, 0.717) is 6.04 Å². The van der Waals surface area contributed by atoms with Crippen LogP contribution in [-0.2, 0) is 13.0 Å². The predicted octanol–water partition coefficient (Wildman–Crippen LogP) is 4.29. The van der Waals surface area contributed by atoms with Gasteiger partial charge in [0.15, 0.2) is 0 Å². The number of anilines is 1. The lowest BCUT2D eigenvalue weighted by atomic mass is 10.1. The van der Waals surface area contributed by atoms with Gasteiger partial charge in [0.05, 0.1) is 0 Å². The topological polar surface area (TPSA) is 15.3 Å². The third kappa shape index (κ3) is 3.30. The first kappa shape index (κ1) is 14.6. The molecule has 0 unspecified atom stereocenters. The Kier molecular flexibility index (Phi) is 4.32. The molecule has 3 heteroatoms. The molecule has 2 aromatic carbocycles. The molecule has 1 aliphatic rings. The van der Waals surface area contributed by atoms with E-state index >= 15 is 0 Å². The second-order valence-corrected chi connectivity index (χ2v) is 6.70. The molecule has 1 N–H and O–H groups in total. The van der Waals surface area contributed by atoms with Crippen molar-refractivity contribution in [2.45, 2.75) is 25.9 Å². The Bertz CT molecular complexity index is 622. The molecule has 0 saturated carbocycles. The Balaban J connectivity index is 1.64. The molecule has 0 bridgehead atoms. The Morgan fingerprint density at radius 3 is 2.71 bits per heavy atom. The predicted molar refractivity (Wildman–Crippen MR) is 92.8 cm³/mol. The maximum atomic E-state index is 3.61. The highest BCUT2D eigenvalue weighted by Crippen LogP contribution is 2.27. The number of fused-ring (bicyclic) bond motifs is 1. The van der Waals surface area contributed by atoms with Gasteiger partial charge in [0, 0.05) is 36.3 Å². The zero-order chi connectivity index (χ0) is 14.8. The van der Waals surface area contributed by atoms with Gasteiger partial charge in [-0.25, -0.2) is 0 Å². The SMILES string of the molecule is C[C@@H](NCc1ccc2c(c1)CCN2C)c1ccc(Br)cc1. The van der Waals surface area contributed by atoms with Gasteiger partial charge < -0.3 is 10.2 Å². The summed E-state index contributed by atoms with van der Waals surface area (Å²) in [6.45, 7) is 4.26. The highest BCUT2D eigenvalue weighted by Gasteiger charge is 2.15. The lowest BCUT2D eigenvalue weighted by molar-refractivity contribution is 0.574. The van der Waals surface area contributed by atoms with E-state index in [1.54, 1.807) is 0 Å². The molecule has 1 atom stereocenters. The monoisotopic (exact) mass is 344 g/mol. The summed E-state index contributed by atoms with van der Waals surface area (Å²) in [5, 5.41) is 3.61. The first-order valence-electron chi connectivity index (χ1n) is 7.45. The molecule has 0 fully saturated rings. The van der Waals surface area contributed by atoms with Crippen LogP contribution in [0.1, 0.15) is 29.7 Å². The van der Waals surface area contributed by atoms with Crippen LogP contribution in [0.25, 0.3) is 0 Å². The number of halogens is 1. The molecule has 1 aliphatic heterocycles. The van der Waals surface area contributed by atoms with E-state index in [2.05, 4.69) is 82.6 Å². The van der Waals surface area contributed by atoms with Crippen LogP contribution < -0.4 is 10.2 Å². The van der Waals surface area contributed by atoms with Gasteiger partial charge in [-0.15, -0.1) is 0 Å². The minimum Gasteiger partial charge on any atom is -0.374 e. The van der Waals surface area contributed by atoms with Gasteiger partial charge in [0.25, 0.3) is 0 Å². The maximum Gasteiger partial charge on any atom is 0.0397 e.